The van der Waals surface area contributed by atoms with E-state index in [1.165, 1.54) is 22.5 Å². The standard InChI is InChI=1S/C20H22ClFN2O3S/c21-18-7-3-1-5-16(18)13-23-20(25)15-9-11-24(12-10-15)28(26,27)14-17-6-2-4-8-19(17)22/h1-8,15H,9-14H2,(H,23,25). The van der Waals surface area contributed by atoms with Gasteiger partial charge in [0.15, 0.2) is 0 Å². The van der Waals surface area contributed by atoms with Gasteiger partial charge in [0.2, 0.25) is 15.9 Å². The highest BCUT2D eigenvalue weighted by Gasteiger charge is 2.31. The molecule has 0 aromatic heterocycles. The maximum absolute atomic E-state index is 13.8. The zero-order valence-electron chi connectivity index (χ0n) is 15.3. The van der Waals surface area contributed by atoms with Gasteiger partial charge in [0, 0.05) is 36.1 Å². The number of carbonyl (C=O) groups excluding carboxylic acids is 1. The molecule has 0 aliphatic carbocycles. The lowest BCUT2D eigenvalue weighted by atomic mass is 9.97. The lowest BCUT2D eigenvalue weighted by molar-refractivity contribution is -0.126. The Bertz CT molecular complexity index is 944. The van der Waals surface area contributed by atoms with E-state index >= 15 is 0 Å². The first-order valence-electron chi connectivity index (χ1n) is 9.09. The van der Waals surface area contributed by atoms with Gasteiger partial charge in [-0.05, 0) is 30.5 Å². The highest BCUT2D eigenvalue weighted by Crippen LogP contribution is 2.23. The van der Waals surface area contributed by atoms with Gasteiger partial charge in [-0.1, -0.05) is 48.0 Å². The first kappa shape index (κ1) is 20.8. The van der Waals surface area contributed by atoms with E-state index in [0.717, 1.165) is 5.56 Å². The van der Waals surface area contributed by atoms with Gasteiger partial charge in [-0.3, -0.25) is 4.79 Å². The number of hydrogen-bond donors (Lipinski definition) is 1. The van der Waals surface area contributed by atoms with Crippen molar-refractivity contribution in [3.8, 4) is 0 Å². The Morgan fingerprint density at radius 3 is 2.32 bits per heavy atom. The van der Waals surface area contributed by atoms with Crippen molar-refractivity contribution >= 4 is 27.5 Å². The molecule has 5 nitrogen and oxygen atoms in total. The second-order valence-corrected chi connectivity index (χ2v) is 9.21. The molecule has 150 valence electrons. The molecule has 2 aromatic carbocycles. The van der Waals surface area contributed by atoms with Crippen LogP contribution in [-0.4, -0.2) is 31.7 Å². The van der Waals surface area contributed by atoms with E-state index in [1.807, 2.05) is 18.2 Å². The van der Waals surface area contributed by atoms with Crippen molar-refractivity contribution in [2.45, 2.75) is 25.1 Å². The van der Waals surface area contributed by atoms with Gasteiger partial charge in [-0.2, -0.15) is 0 Å². The molecule has 3 rings (SSSR count). The largest absolute Gasteiger partial charge is 0.352 e. The Labute approximate surface area is 169 Å². The van der Waals surface area contributed by atoms with Gasteiger partial charge in [-0.25, -0.2) is 17.1 Å². The van der Waals surface area contributed by atoms with Crippen molar-refractivity contribution in [1.29, 1.82) is 0 Å². The minimum absolute atomic E-state index is 0.105. The lowest BCUT2D eigenvalue weighted by Gasteiger charge is -2.30. The van der Waals surface area contributed by atoms with Crippen LogP contribution in [0.25, 0.3) is 0 Å². The number of amides is 1. The summed E-state index contributed by atoms with van der Waals surface area (Å²) in [5.41, 5.74) is 0.990. The molecule has 0 atom stereocenters. The van der Waals surface area contributed by atoms with Gasteiger partial charge in [0.25, 0.3) is 0 Å². The number of carbonyl (C=O) groups is 1. The van der Waals surface area contributed by atoms with Gasteiger partial charge in [-0.15, -0.1) is 0 Å². The number of benzene rings is 2. The average Bonchev–Trinajstić information content (AvgIpc) is 2.69. The summed E-state index contributed by atoms with van der Waals surface area (Å²) in [6.45, 7) is 0.840. The zero-order valence-corrected chi connectivity index (χ0v) is 16.8. The third-order valence-corrected chi connectivity index (χ3v) is 7.12. The Morgan fingerprint density at radius 1 is 1.07 bits per heavy atom. The third kappa shape index (κ3) is 5.10. The first-order chi connectivity index (χ1) is 13.4. The predicted molar refractivity (Wildman–Crippen MR) is 107 cm³/mol. The van der Waals surface area contributed by atoms with Crippen LogP contribution in [0.4, 0.5) is 4.39 Å². The summed E-state index contributed by atoms with van der Waals surface area (Å²) in [4.78, 5) is 12.4. The number of halogens is 2. The van der Waals surface area contributed by atoms with Crippen molar-refractivity contribution in [2.24, 2.45) is 5.92 Å². The molecule has 1 saturated heterocycles. The second kappa shape index (κ2) is 9.03. The number of nitrogens with zero attached hydrogens (tertiary/aromatic N) is 1. The zero-order chi connectivity index (χ0) is 20.1. The van der Waals surface area contributed by atoms with Gasteiger partial charge >= 0.3 is 0 Å². The van der Waals surface area contributed by atoms with Gasteiger partial charge in [0.1, 0.15) is 5.82 Å². The molecule has 0 unspecified atom stereocenters. The Balaban J connectivity index is 1.53. The van der Waals surface area contributed by atoms with Crippen LogP contribution in [-0.2, 0) is 27.1 Å². The Kier molecular flexibility index (Phi) is 6.69. The SMILES string of the molecule is O=C(NCc1ccccc1Cl)C1CCN(S(=O)(=O)Cc2ccccc2F)CC1. The van der Waals surface area contributed by atoms with Crippen LogP contribution in [0, 0.1) is 11.7 Å². The van der Waals surface area contributed by atoms with E-state index in [-0.39, 0.29) is 36.2 Å². The smallest absolute Gasteiger partial charge is 0.223 e. The Morgan fingerprint density at radius 2 is 1.68 bits per heavy atom. The molecule has 1 aliphatic rings. The highest BCUT2D eigenvalue weighted by molar-refractivity contribution is 7.88. The summed E-state index contributed by atoms with van der Waals surface area (Å²) in [6.07, 6.45) is 0.871. The van der Waals surface area contributed by atoms with Crippen molar-refractivity contribution in [2.75, 3.05) is 13.1 Å². The summed E-state index contributed by atoms with van der Waals surface area (Å²) in [6, 6.07) is 13.2. The van der Waals surface area contributed by atoms with Crippen LogP contribution >= 0.6 is 11.6 Å². The minimum Gasteiger partial charge on any atom is -0.352 e. The van der Waals surface area contributed by atoms with Crippen LogP contribution in [0.2, 0.25) is 5.02 Å². The van der Waals surface area contributed by atoms with Crippen LogP contribution < -0.4 is 5.32 Å². The molecule has 8 heteroatoms. The molecule has 1 N–H and O–H groups in total. The summed E-state index contributed by atoms with van der Waals surface area (Å²) >= 11 is 6.09. The summed E-state index contributed by atoms with van der Waals surface area (Å²) in [5.74, 6) is -1.25. The van der Waals surface area contributed by atoms with E-state index in [0.29, 0.717) is 24.4 Å². The maximum atomic E-state index is 13.8. The minimum atomic E-state index is -3.62. The fraction of sp³-hybridized carbons (Fsp3) is 0.350. The molecular formula is C20H22ClFN2O3S. The van der Waals surface area contributed by atoms with E-state index in [1.54, 1.807) is 12.1 Å². The van der Waals surface area contributed by atoms with Gasteiger partial charge in [0.05, 0.1) is 5.75 Å². The molecule has 0 radical (unpaired) electrons. The highest BCUT2D eigenvalue weighted by atomic mass is 35.5. The van der Waals surface area contributed by atoms with Gasteiger partial charge < -0.3 is 5.32 Å². The molecule has 1 fully saturated rings. The van der Waals surface area contributed by atoms with E-state index < -0.39 is 15.8 Å². The monoisotopic (exact) mass is 424 g/mol. The Hall–Kier alpha value is -1.96. The molecule has 1 amide bonds. The second-order valence-electron chi connectivity index (χ2n) is 6.83. The van der Waals surface area contributed by atoms with Crippen LogP contribution in [0.15, 0.2) is 48.5 Å². The average molecular weight is 425 g/mol. The first-order valence-corrected chi connectivity index (χ1v) is 11.1. The van der Waals surface area contributed by atoms with E-state index in [9.17, 15) is 17.6 Å². The molecule has 0 spiro atoms. The number of sulfonamides is 1. The van der Waals surface area contributed by atoms with Crippen molar-refractivity contribution < 1.29 is 17.6 Å². The lowest BCUT2D eigenvalue weighted by Crippen LogP contribution is -2.43. The van der Waals surface area contributed by atoms with E-state index in [2.05, 4.69) is 5.32 Å². The number of nitrogens with one attached hydrogen (secondary N) is 1. The fourth-order valence-electron chi connectivity index (χ4n) is 3.27. The number of hydrogen-bond acceptors (Lipinski definition) is 3. The molecule has 0 bridgehead atoms. The third-order valence-electron chi connectivity index (χ3n) is 4.92. The quantitative estimate of drug-likeness (QED) is 0.773. The molecule has 28 heavy (non-hydrogen) atoms. The summed E-state index contributed by atoms with van der Waals surface area (Å²) in [5, 5.41) is 3.46. The van der Waals surface area contributed by atoms with Crippen molar-refractivity contribution in [1.82, 2.24) is 9.62 Å². The van der Waals surface area contributed by atoms with Crippen LogP contribution in [0.3, 0.4) is 0 Å². The topological polar surface area (TPSA) is 66.5 Å². The van der Waals surface area contributed by atoms with Crippen LogP contribution in [0.5, 0.6) is 0 Å². The predicted octanol–water partition coefficient (Wildman–Crippen LogP) is 3.34. The van der Waals surface area contributed by atoms with Crippen LogP contribution in [0.1, 0.15) is 24.0 Å². The van der Waals surface area contributed by atoms with E-state index in [4.69, 9.17) is 11.6 Å². The molecule has 1 aliphatic heterocycles. The fourth-order valence-corrected chi connectivity index (χ4v) is 5.05. The van der Waals surface area contributed by atoms with Crippen molar-refractivity contribution in [3.63, 3.8) is 0 Å². The summed E-state index contributed by atoms with van der Waals surface area (Å²) in [7, 11) is -3.62. The normalized spacial score (nSPS) is 16.1. The number of rotatable bonds is 6. The molecule has 2 aromatic rings. The summed E-state index contributed by atoms with van der Waals surface area (Å²) < 4.78 is 40.3. The number of piperidine rings is 1. The maximum Gasteiger partial charge on any atom is 0.223 e. The molecular weight excluding hydrogens is 403 g/mol. The molecule has 0 saturated carbocycles. The molecule has 1 heterocycles. The van der Waals surface area contributed by atoms with Crippen molar-refractivity contribution in [3.05, 3.63) is 70.5 Å².